The highest BCUT2D eigenvalue weighted by atomic mass is 15.3. The highest BCUT2D eigenvalue weighted by Crippen LogP contribution is 2.16. The zero-order valence-electron chi connectivity index (χ0n) is 5.91. The quantitative estimate of drug-likeness (QED) is 0.563. The summed E-state index contributed by atoms with van der Waals surface area (Å²) in [7, 11) is 1.84. The molecule has 0 saturated carbocycles. The van der Waals surface area contributed by atoms with Gasteiger partial charge < -0.3 is 0 Å². The summed E-state index contributed by atoms with van der Waals surface area (Å²) in [4.78, 5) is 3.76. The van der Waals surface area contributed by atoms with E-state index in [2.05, 4.69) is 23.4 Å². The van der Waals surface area contributed by atoms with Crippen LogP contribution in [0.2, 0.25) is 0 Å². The average Bonchev–Trinajstić information content (AvgIpc) is 2.30. The Balaban J connectivity index is 3.20. The van der Waals surface area contributed by atoms with Gasteiger partial charge in [-0.2, -0.15) is 5.10 Å². The fraction of sp³-hybridized carbons (Fsp3) is 0.143. The van der Waals surface area contributed by atoms with Gasteiger partial charge in [0.2, 0.25) is 0 Å². The molecule has 0 amide bonds. The lowest BCUT2D eigenvalue weighted by atomic mass is 10.4. The number of aliphatic imine (C=N–C) groups is 1. The molecule has 0 aliphatic rings. The van der Waals surface area contributed by atoms with Gasteiger partial charge in [-0.3, -0.25) is 9.67 Å². The maximum absolute atomic E-state index is 4.06. The SMILES string of the molecule is C=Cc1nn(C)cc1N=C. The van der Waals surface area contributed by atoms with Crippen molar-refractivity contribution < 1.29 is 0 Å². The molecular formula is C7H9N3. The molecule has 0 saturated heterocycles. The lowest BCUT2D eigenvalue weighted by Gasteiger charge is -1.82. The van der Waals surface area contributed by atoms with Crippen LogP contribution in [0.15, 0.2) is 17.8 Å². The summed E-state index contributed by atoms with van der Waals surface area (Å²) in [5, 5.41) is 4.06. The first-order valence-corrected chi connectivity index (χ1v) is 2.90. The number of hydrogen-bond donors (Lipinski definition) is 0. The van der Waals surface area contributed by atoms with Gasteiger partial charge in [0.05, 0.1) is 6.20 Å². The lowest BCUT2D eigenvalue weighted by Crippen LogP contribution is -1.86. The molecule has 0 aromatic carbocycles. The van der Waals surface area contributed by atoms with Crippen molar-refractivity contribution in [2.45, 2.75) is 0 Å². The van der Waals surface area contributed by atoms with E-state index in [9.17, 15) is 0 Å². The Hall–Kier alpha value is -1.38. The summed E-state index contributed by atoms with van der Waals surface area (Å²) in [6.07, 6.45) is 3.45. The number of aryl methyl sites for hydroxylation is 1. The minimum Gasteiger partial charge on any atom is -0.273 e. The van der Waals surface area contributed by atoms with Crippen LogP contribution in [0.5, 0.6) is 0 Å². The molecule has 3 heteroatoms. The molecule has 1 aromatic rings. The van der Waals surface area contributed by atoms with Crippen molar-refractivity contribution in [3.8, 4) is 0 Å². The van der Waals surface area contributed by atoms with E-state index in [1.165, 1.54) is 0 Å². The molecule has 0 N–H and O–H groups in total. The molecular weight excluding hydrogens is 126 g/mol. The summed E-state index contributed by atoms with van der Waals surface area (Å²) in [6, 6.07) is 0. The van der Waals surface area contributed by atoms with E-state index < -0.39 is 0 Å². The van der Waals surface area contributed by atoms with Gasteiger partial charge in [-0.25, -0.2) is 0 Å². The van der Waals surface area contributed by atoms with Crippen LogP contribution in [-0.2, 0) is 7.05 Å². The molecule has 1 rings (SSSR count). The van der Waals surface area contributed by atoms with Crippen molar-refractivity contribution in [3.05, 3.63) is 18.5 Å². The summed E-state index contributed by atoms with van der Waals surface area (Å²) in [6.45, 7) is 6.99. The fourth-order valence-corrected chi connectivity index (χ4v) is 0.760. The van der Waals surface area contributed by atoms with E-state index in [1.54, 1.807) is 17.0 Å². The first-order valence-electron chi connectivity index (χ1n) is 2.90. The van der Waals surface area contributed by atoms with Gasteiger partial charge in [0.1, 0.15) is 11.4 Å². The lowest BCUT2D eigenvalue weighted by molar-refractivity contribution is 0.765. The van der Waals surface area contributed by atoms with Crippen LogP contribution in [0.3, 0.4) is 0 Å². The second-order valence-electron chi connectivity index (χ2n) is 1.94. The van der Waals surface area contributed by atoms with Gasteiger partial charge in [0.15, 0.2) is 0 Å². The molecule has 0 atom stereocenters. The van der Waals surface area contributed by atoms with Crippen LogP contribution in [0.1, 0.15) is 5.69 Å². The molecule has 0 aliphatic carbocycles. The summed E-state index contributed by atoms with van der Waals surface area (Å²) in [5.41, 5.74) is 1.55. The Bertz CT molecular complexity index is 234. The molecule has 0 fully saturated rings. The second kappa shape index (κ2) is 2.47. The third kappa shape index (κ3) is 0.978. The maximum atomic E-state index is 4.06. The third-order valence-electron chi connectivity index (χ3n) is 1.20. The monoisotopic (exact) mass is 135 g/mol. The van der Waals surface area contributed by atoms with E-state index in [4.69, 9.17) is 0 Å². The molecule has 52 valence electrons. The first-order chi connectivity index (χ1) is 4.77. The van der Waals surface area contributed by atoms with Gasteiger partial charge in [0, 0.05) is 7.05 Å². The zero-order valence-corrected chi connectivity index (χ0v) is 5.91. The standard InChI is InChI=1S/C7H9N3/c1-4-6-7(8-2)5-10(3)9-6/h4-5H,1-2H2,3H3. The van der Waals surface area contributed by atoms with Crippen molar-refractivity contribution in [2.75, 3.05) is 0 Å². The molecule has 0 spiro atoms. The third-order valence-corrected chi connectivity index (χ3v) is 1.20. The number of hydrogen-bond acceptors (Lipinski definition) is 2. The largest absolute Gasteiger partial charge is 0.273 e. The number of aromatic nitrogens is 2. The molecule has 0 bridgehead atoms. The first kappa shape index (κ1) is 6.74. The van der Waals surface area contributed by atoms with Crippen molar-refractivity contribution in [3.63, 3.8) is 0 Å². The predicted molar refractivity (Wildman–Crippen MR) is 42.5 cm³/mol. The summed E-state index contributed by atoms with van der Waals surface area (Å²) < 4.78 is 1.68. The predicted octanol–water partition coefficient (Wildman–Crippen LogP) is 1.40. The second-order valence-corrected chi connectivity index (χ2v) is 1.94. The van der Waals surface area contributed by atoms with Crippen LogP contribution in [0, 0.1) is 0 Å². The van der Waals surface area contributed by atoms with Crippen LogP contribution < -0.4 is 0 Å². The van der Waals surface area contributed by atoms with Crippen molar-refractivity contribution in [1.29, 1.82) is 0 Å². The molecule has 1 aromatic heterocycles. The maximum Gasteiger partial charge on any atom is 0.110 e. The molecule has 0 aliphatic heterocycles. The smallest absolute Gasteiger partial charge is 0.110 e. The molecule has 3 nitrogen and oxygen atoms in total. The topological polar surface area (TPSA) is 30.2 Å². The number of nitrogens with zero attached hydrogens (tertiary/aromatic N) is 3. The van der Waals surface area contributed by atoms with Crippen LogP contribution >= 0.6 is 0 Å². The van der Waals surface area contributed by atoms with E-state index in [-0.39, 0.29) is 0 Å². The Kier molecular flexibility index (Phi) is 1.67. The average molecular weight is 135 g/mol. The highest BCUT2D eigenvalue weighted by molar-refractivity contribution is 5.60. The van der Waals surface area contributed by atoms with Gasteiger partial charge in [-0.05, 0) is 12.8 Å². The van der Waals surface area contributed by atoms with Gasteiger partial charge in [-0.15, -0.1) is 0 Å². The normalized spacial score (nSPS) is 9.30. The van der Waals surface area contributed by atoms with Crippen LogP contribution in [0.25, 0.3) is 6.08 Å². The molecule has 0 unspecified atom stereocenters. The van der Waals surface area contributed by atoms with Crippen LogP contribution in [0.4, 0.5) is 5.69 Å². The highest BCUT2D eigenvalue weighted by Gasteiger charge is 1.99. The summed E-state index contributed by atoms with van der Waals surface area (Å²) >= 11 is 0. The van der Waals surface area contributed by atoms with E-state index in [0.717, 1.165) is 11.4 Å². The zero-order chi connectivity index (χ0) is 7.56. The molecule has 1 heterocycles. The van der Waals surface area contributed by atoms with Gasteiger partial charge in [0.25, 0.3) is 0 Å². The van der Waals surface area contributed by atoms with Crippen molar-refractivity contribution in [2.24, 2.45) is 12.0 Å². The molecule has 0 radical (unpaired) electrons. The van der Waals surface area contributed by atoms with Crippen LogP contribution in [-0.4, -0.2) is 16.5 Å². The van der Waals surface area contributed by atoms with Crippen molar-refractivity contribution >= 4 is 18.5 Å². The molecule has 10 heavy (non-hydrogen) atoms. The Labute approximate surface area is 59.7 Å². The minimum atomic E-state index is 0.775. The Morgan fingerprint density at radius 3 is 2.90 bits per heavy atom. The van der Waals surface area contributed by atoms with Crippen molar-refractivity contribution in [1.82, 2.24) is 9.78 Å². The van der Waals surface area contributed by atoms with E-state index in [1.807, 2.05) is 7.05 Å². The summed E-state index contributed by atoms with van der Waals surface area (Å²) in [5.74, 6) is 0. The Morgan fingerprint density at radius 1 is 1.80 bits per heavy atom. The van der Waals surface area contributed by atoms with Gasteiger partial charge >= 0.3 is 0 Å². The Morgan fingerprint density at radius 2 is 2.50 bits per heavy atom. The minimum absolute atomic E-state index is 0.775. The van der Waals surface area contributed by atoms with Gasteiger partial charge in [-0.1, -0.05) is 6.58 Å². The van der Waals surface area contributed by atoms with E-state index in [0.29, 0.717) is 0 Å². The van der Waals surface area contributed by atoms with E-state index >= 15 is 0 Å². The number of rotatable bonds is 2. The fourth-order valence-electron chi connectivity index (χ4n) is 0.760.